The van der Waals surface area contributed by atoms with Gasteiger partial charge >= 0.3 is 6.09 Å². The quantitative estimate of drug-likeness (QED) is 0.343. The third kappa shape index (κ3) is 9.65. The maximum atomic E-state index is 13.5. The lowest BCUT2D eigenvalue weighted by atomic mass is 9.86. The Balaban J connectivity index is 2.58. The van der Waals surface area contributed by atoms with E-state index in [0.29, 0.717) is 12.8 Å². The zero-order chi connectivity index (χ0) is 30.9. The van der Waals surface area contributed by atoms with Gasteiger partial charge in [0, 0.05) is 38.4 Å². The highest BCUT2D eigenvalue weighted by Crippen LogP contribution is 2.28. The molecule has 2 rings (SSSR count). The predicted octanol–water partition coefficient (Wildman–Crippen LogP) is 2.93. The molecule has 0 radical (unpaired) electrons. The standard InChI is InChI=1S/C30H41N3O8/c1-16-11-19(4)28(41-30(31)38)25(40-7)10-8-9-18(3)29(37)33-23-15-24(35)26(32-20(5)34)22(27(23)36)14-17(2)13-21(12-16)39-6/h8-11,15-17,21,25,28H,12-14H2,1-7H3,(H2,31,38)(H,32,34)(H,33,37)/b10-8-,18-9+,19-11+/t16-,17?,21?,25?,28?/m0/s1. The Kier molecular flexibility index (Phi) is 12.4. The molecule has 0 aromatic carbocycles. The number of carbonyl (C=O) groups excluding carboxylic acids is 5. The number of nitrogens with two attached hydrogens (primary N) is 1. The number of rotatable bonds is 4. The van der Waals surface area contributed by atoms with Gasteiger partial charge < -0.3 is 30.6 Å². The average Bonchev–Trinajstić information content (AvgIpc) is 2.88. The van der Waals surface area contributed by atoms with Gasteiger partial charge in [0.15, 0.2) is 6.10 Å². The van der Waals surface area contributed by atoms with Gasteiger partial charge in [0.1, 0.15) is 6.10 Å². The SMILES string of the molecule is COC1CC(C)CC2=C(NC(C)=O)C(=O)C=C(NC(=O)/C(C)=C/C=C\C(OC)C(OC(N)=O)/C(C)=C/[C@H](C)C1)C2=O. The molecule has 0 aromatic heterocycles. The van der Waals surface area contributed by atoms with Crippen LogP contribution < -0.4 is 16.4 Å². The zero-order valence-electron chi connectivity index (χ0n) is 24.7. The molecule has 0 spiro atoms. The molecule has 3 amide bonds. The van der Waals surface area contributed by atoms with Crippen molar-refractivity contribution in [3.8, 4) is 0 Å². The van der Waals surface area contributed by atoms with E-state index in [2.05, 4.69) is 10.6 Å². The first kappa shape index (κ1) is 33.4. The van der Waals surface area contributed by atoms with E-state index in [4.69, 9.17) is 19.9 Å². The second kappa shape index (κ2) is 15.2. The van der Waals surface area contributed by atoms with E-state index < -0.39 is 41.7 Å². The summed E-state index contributed by atoms with van der Waals surface area (Å²) in [7, 11) is 3.06. The highest BCUT2D eigenvalue weighted by Gasteiger charge is 2.32. The lowest BCUT2D eigenvalue weighted by Crippen LogP contribution is -2.37. The minimum Gasteiger partial charge on any atom is -0.439 e. The van der Waals surface area contributed by atoms with E-state index in [-0.39, 0.29) is 46.9 Å². The summed E-state index contributed by atoms with van der Waals surface area (Å²) in [6.07, 6.45) is 6.32. The minimum atomic E-state index is -0.953. The summed E-state index contributed by atoms with van der Waals surface area (Å²) in [6.45, 7) is 8.54. The van der Waals surface area contributed by atoms with E-state index in [9.17, 15) is 24.0 Å². The second-order valence-corrected chi connectivity index (χ2v) is 10.6. The van der Waals surface area contributed by atoms with Gasteiger partial charge in [0.05, 0.1) is 17.5 Å². The molecule has 11 heteroatoms. The van der Waals surface area contributed by atoms with Crippen molar-refractivity contribution in [1.82, 2.24) is 10.6 Å². The Morgan fingerprint density at radius 3 is 2.34 bits per heavy atom. The van der Waals surface area contributed by atoms with Gasteiger partial charge in [0.2, 0.25) is 17.5 Å². The molecule has 41 heavy (non-hydrogen) atoms. The molecule has 224 valence electrons. The van der Waals surface area contributed by atoms with Crippen LogP contribution >= 0.6 is 0 Å². The van der Waals surface area contributed by atoms with Crippen molar-refractivity contribution >= 4 is 29.5 Å². The summed E-state index contributed by atoms with van der Waals surface area (Å²) in [4.78, 5) is 62.8. The van der Waals surface area contributed by atoms with E-state index in [1.54, 1.807) is 19.3 Å². The average molecular weight is 572 g/mol. The highest BCUT2D eigenvalue weighted by molar-refractivity contribution is 6.24. The fourth-order valence-electron chi connectivity index (χ4n) is 4.94. The van der Waals surface area contributed by atoms with Crippen molar-refractivity contribution in [3.63, 3.8) is 0 Å². The molecule has 0 saturated carbocycles. The normalized spacial score (nSPS) is 30.3. The summed E-state index contributed by atoms with van der Waals surface area (Å²) in [5.41, 5.74) is 6.18. The Morgan fingerprint density at radius 2 is 1.76 bits per heavy atom. The Hall–Kier alpha value is -3.83. The van der Waals surface area contributed by atoms with Crippen molar-refractivity contribution in [1.29, 1.82) is 0 Å². The van der Waals surface area contributed by atoms with Crippen LogP contribution in [0.25, 0.3) is 0 Å². The lowest BCUT2D eigenvalue weighted by Gasteiger charge is -2.26. The Labute approximate surface area is 240 Å². The molecule has 1 aliphatic carbocycles. The van der Waals surface area contributed by atoms with Gasteiger partial charge in [-0.25, -0.2) is 4.79 Å². The Bertz CT molecular complexity index is 1210. The third-order valence-corrected chi connectivity index (χ3v) is 6.89. The van der Waals surface area contributed by atoms with Crippen LogP contribution in [0.4, 0.5) is 4.79 Å². The van der Waals surface area contributed by atoms with Gasteiger partial charge in [-0.15, -0.1) is 0 Å². The molecule has 11 nitrogen and oxygen atoms in total. The predicted molar refractivity (Wildman–Crippen MR) is 152 cm³/mol. The van der Waals surface area contributed by atoms with Gasteiger partial charge in [0.25, 0.3) is 5.91 Å². The van der Waals surface area contributed by atoms with Crippen LogP contribution in [0.2, 0.25) is 0 Å². The fourth-order valence-corrected chi connectivity index (χ4v) is 4.94. The summed E-state index contributed by atoms with van der Waals surface area (Å²) < 4.78 is 16.7. The number of methoxy groups -OCH3 is 2. The van der Waals surface area contributed by atoms with Crippen LogP contribution in [0, 0.1) is 11.8 Å². The number of Topliss-reactive ketones (excluding diaryl/α,β-unsaturated/α-hetero) is 1. The maximum Gasteiger partial charge on any atom is 0.405 e. The number of fused-ring (bicyclic) bond motifs is 2. The number of ketones is 2. The van der Waals surface area contributed by atoms with Crippen LogP contribution in [-0.2, 0) is 33.4 Å². The molecule has 0 saturated heterocycles. The molecule has 4 unspecified atom stereocenters. The number of amides is 3. The zero-order valence-corrected chi connectivity index (χ0v) is 24.7. The van der Waals surface area contributed by atoms with Crippen molar-refractivity contribution in [3.05, 3.63) is 58.5 Å². The lowest BCUT2D eigenvalue weighted by molar-refractivity contribution is -0.122. The number of hydrogen-bond acceptors (Lipinski definition) is 8. The number of carbonyl (C=O) groups is 5. The van der Waals surface area contributed by atoms with Gasteiger partial charge in [-0.05, 0) is 50.5 Å². The van der Waals surface area contributed by atoms with E-state index in [1.165, 1.54) is 27.0 Å². The summed E-state index contributed by atoms with van der Waals surface area (Å²) in [5, 5.41) is 5.02. The van der Waals surface area contributed by atoms with Crippen molar-refractivity contribution in [2.24, 2.45) is 17.6 Å². The number of hydrogen-bond donors (Lipinski definition) is 3. The molecule has 2 bridgehead atoms. The van der Waals surface area contributed by atoms with Gasteiger partial charge in [-0.1, -0.05) is 38.2 Å². The molecular formula is C30H41N3O8. The third-order valence-electron chi connectivity index (χ3n) is 6.89. The first-order valence-corrected chi connectivity index (χ1v) is 13.4. The molecule has 1 heterocycles. The first-order valence-electron chi connectivity index (χ1n) is 13.4. The number of nitrogens with one attached hydrogen (secondary N) is 2. The molecule has 0 aromatic rings. The smallest absolute Gasteiger partial charge is 0.405 e. The molecular weight excluding hydrogens is 530 g/mol. The molecule has 0 fully saturated rings. The van der Waals surface area contributed by atoms with Gasteiger partial charge in [-0.3, -0.25) is 19.2 Å². The summed E-state index contributed by atoms with van der Waals surface area (Å²) in [6, 6.07) is 0. The first-order chi connectivity index (χ1) is 19.3. The topological polar surface area (TPSA) is 163 Å². The van der Waals surface area contributed by atoms with E-state index in [0.717, 1.165) is 11.6 Å². The van der Waals surface area contributed by atoms with Crippen LogP contribution in [0.1, 0.15) is 53.9 Å². The monoisotopic (exact) mass is 571 g/mol. The highest BCUT2D eigenvalue weighted by atomic mass is 16.6. The van der Waals surface area contributed by atoms with Gasteiger partial charge in [-0.2, -0.15) is 0 Å². The second-order valence-electron chi connectivity index (χ2n) is 10.6. The number of allylic oxidation sites excluding steroid dienone is 5. The van der Waals surface area contributed by atoms with Crippen LogP contribution in [0.15, 0.2) is 58.5 Å². The van der Waals surface area contributed by atoms with E-state index in [1.807, 2.05) is 26.8 Å². The van der Waals surface area contributed by atoms with E-state index >= 15 is 0 Å². The van der Waals surface area contributed by atoms with Crippen molar-refractivity contribution in [2.45, 2.75) is 72.2 Å². The van der Waals surface area contributed by atoms with Crippen LogP contribution in [0.5, 0.6) is 0 Å². The van der Waals surface area contributed by atoms with Crippen molar-refractivity contribution in [2.75, 3.05) is 14.2 Å². The van der Waals surface area contributed by atoms with Crippen molar-refractivity contribution < 1.29 is 38.2 Å². The maximum absolute atomic E-state index is 13.5. The number of ether oxygens (including phenoxy) is 3. The van der Waals surface area contributed by atoms with Crippen LogP contribution in [0.3, 0.4) is 0 Å². The summed E-state index contributed by atoms with van der Waals surface area (Å²) >= 11 is 0. The Morgan fingerprint density at radius 1 is 1.07 bits per heavy atom. The molecule has 5 atom stereocenters. The van der Waals surface area contributed by atoms with Crippen LogP contribution in [-0.4, -0.2) is 62.0 Å². The largest absolute Gasteiger partial charge is 0.439 e. The molecule has 2 aliphatic rings. The molecule has 1 aliphatic heterocycles. The fraction of sp³-hybridized carbons (Fsp3) is 0.500. The minimum absolute atomic E-state index is 0.000222. The number of primary amides is 1. The summed E-state index contributed by atoms with van der Waals surface area (Å²) in [5.74, 6) is -2.33. The molecule has 4 N–H and O–H groups in total.